The van der Waals surface area contributed by atoms with Gasteiger partial charge in [-0.2, -0.15) is 0 Å². The summed E-state index contributed by atoms with van der Waals surface area (Å²) in [4.78, 5) is 4.54. The van der Waals surface area contributed by atoms with Crippen LogP contribution in [0.1, 0.15) is 64.7 Å². The summed E-state index contributed by atoms with van der Waals surface area (Å²) in [7, 11) is 0. The van der Waals surface area contributed by atoms with Gasteiger partial charge in [-0.05, 0) is 34.4 Å². The van der Waals surface area contributed by atoms with Crippen LogP contribution in [0.25, 0.3) is 0 Å². The monoisotopic (exact) mass is 265 g/mol. The third kappa shape index (κ3) is 13.8. The van der Waals surface area contributed by atoms with E-state index in [0.29, 0.717) is 12.6 Å². The lowest BCUT2D eigenvalue weighted by molar-refractivity contribution is -0.702. The SMILES string of the molecule is CCC(N)CCCCCCCCCOOOOO. The average Bonchev–Trinajstić information content (AvgIpc) is 2.39. The zero-order valence-corrected chi connectivity index (χ0v) is 11.3. The Kier molecular flexibility index (Phi) is 14.6. The average molecular weight is 265 g/mol. The molecule has 1 atom stereocenters. The summed E-state index contributed by atoms with van der Waals surface area (Å²) in [6, 6.07) is 0.382. The van der Waals surface area contributed by atoms with E-state index in [1.807, 2.05) is 0 Å². The molecule has 18 heavy (non-hydrogen) atoms. The van der Waals surface area contributed by atoms with Crippen molar-refractivity contribution in [1.82, 2.24) is 0 Å². The first-order valence-corrected chi connectivity index (χ1v) is 6.83. The zero-order chi connectivity index (χ0) is 13.5. The van der Waals surface area contributed by atoms with Crippen molar-refractivity contribution in [2.75, 3.05) is 6.61 Å². The van der Waals surface area contributed by atoms with Crippen LogP contribution in [0, 0.1) is 0 Å². The smallest absolute Gasteiger partial charge is 0.0855 e. The number of rotatable bonds is 14. The second-order valence-corrected chi connectivity index (χ2v) is 4.46. The molecule has 0 aliphatic heterocycles. The van der Waals surface area contributed by atoms with Gasteiger partial charge in [-0.25, -0.2) is 10.1 Å². The molecule has 0 saturated carbocycles. The molecule has 0 spiro atoms. The third-order valence-corrected chi connectivity index (χ3v) is 2.93. The van der Waals surface area contributed by atoms with Gasteiger partial charge in [0.05, 0.1) is 6.61 Å². The Balaban J connectivity index is 2.94. The summed E-state index contributed by atoms with van der Waals surface area (Å²) in [5, 5.41) is 18.6. The molecule has 0 aromatic rings. The maximum Gasteiger partial charge on any atom is 0.0855 e. The lowest BCUT2D eigenvalue weighted by Crippen LogP contribution is -2.17. The maximum absolute atomic E-state index is 7.72. The number of unbranched alkanes of at least 4 members (excludes halogenated alkanes) is 6. The molecule has 0 aromatic carbocycles. The molecular weight excluding hydrogens is 238 g/mol. The van der Waals surface area contributed by atoms with Gasteiger partial charge in [-0.3, -0.25) is 0 Å². The minimum Gasteiger partial charge on any atom is -0.328 e. The van der Waals surface area contributed by atoms with Gasteiger partial charge in [0.25, 0.3) is 0 Å². The van der Waals surface area contributed by atoms with E-state index >= 15 is 0 Å². The normalized spacial score (nSPS) is 12.8. The molecule has 0 aliphatic rings. The molecule has 6 heteroatoms. The van der Waals surface area contributed by atoms with Crippen LogP contribution in [0.5, 0.6) is 0 Å². The molecule has 0 amide bonds. The van der Waals surface area contributed by atoms with Crippen LogP contribution in [0.2, 0.25) is 0 Å². The molecule has 6 nitrogen and oxygen atoms in total. The van der Waals surface area contributed by atoms with Crippen molar-refractivity contribution in [3.63, 3.8) is 0 Å². The second kappa shape index (κ2) is 14.8. The van der Waals surface area contributed by atoms with E-state index in [1.54, 1.807) is 0 Å². The van der Waals surface area contributed by atoms with Crippen LogP contribution in [-0.2, 0) is 20.0 Å². The zero-order valence-electron chi connectivity index (χ0n) is 11.3. The topological polar surface area (TPSA) is 83.2 Å². The summed E-state index contributed by atoms with van der Waals surface area (Å²) in [6.45, 7) is 2.56. The standard InChI is InChI=1S/C12H27NO5/c1-2-12(13)10-8-6-4-3-5-7-9-11-15-17-18-16-14/h12,14H,2-11,13H2,1H3. The molecule has 0 rings (SSSR count). The Labute approximate surface area is 109 Å². The summed E-state index contributed by atoms with van der Waals surface area (Å²) < 4.78 is 0. The van der Waals surface area contributed by atoms with Gasteiger partial charge in [-0.1, -0.05) is 45.4 Å². The lowest BCUT2D eigenvalue weighted by atomic mass is 10.0. The van der Waals surface area contributed by atoms with Gasteiger partial charge in [0.15, 0.2) is 0 Å². The van der Waals surface area contributed by atoms with Gasteiger partial charge < -0.3 is 5.73 Å². The Morgan fingerprint density at radius 2 is 1.56 bits per heavy atom. The fourth-order valence-electron chi connectivity index (χ4n) is 1.72. The predicted molar refractivity (Wildman–Crippen MR) is 67.0 cm³/mol. The highest BCUT2D eigenvalue weighted by Gasteiger charge is 1.98. The van der Waals surface area contributed by atoms with Crippen molar-refractivity contribution < 1.29 is 25.3 Å². The van der Waals surface area contributed by atoms with E-state index in [4.69, 9.17) is 11.0 Å². The molecule has 110 valence electrons. The molecule has 3 N–H and O–H groups in total. The van der Waals surface area contributed by atoms with Crippen molar-refractivity contribution in [2.45, 2.75) is 70.8 Å². The molecule has 0 saturated heterocycles. The van der Waals surface area contributed by atoms with E-state index in [-0.39, 0.29) is 0 Å². The van der Waals surface area contributed by atoms with Crippen molar-refractivity contribution in [1.29, 1.82) is 0 Å². The molecule has 1 unspecified atom stereocenters. The minimum atomic E-state index is 0.382. The first-order chi connectivity index (χ1) is 8.81. The second-order valence-electron chi connectivity index (χ2n) is 4.46. The lowest BCUT2D eigenvalue weighted by Gasteiger charge is -2.07. The molecule has 0 aromatic heterocycles. The fraction of sp³-hybridized carbons (Fsp3) is 1.00. The molecule has 0 heterocycles. The van der Waals surface area contributed by atoms with Gasteiger partial charge in [0, 0.05) is 6.04 Å². The Morgan fingerprint density at radius 3 is 2.17 bits per heavy atom. The van der Waals surface area contributed by atoms with E-state index < -0.39 is 0 Å². The van der Waals surface area contributed by atoms with Gasteiger partial charge in [0.1, 0.15) is 0 Å². The van der Waals surface area contributed by atoms with Crippen LogP contribution >= 0.6 is 0 Å². The number of hydrogen-bond donors (Lipinski definition) is 2. The molecular formula is C12H27NO5. The first kappa shape index (κ1) is 17.8. The van der Waals surface area contributed by atoms with Crippen LogP contribution in [0.3, 0.4) is 0 Å². The van der Waals surface area contributed by atoms with Crippen LogP contribution in [-0.4, -0.2) is 17.9 Å². The molecule has 0 fully saturated rings. The van der Waals surface area contributed by atoms with Crippen molar-refractivity contribution >= 4 is 0 Å². The number of hydrogen-bond acceptors (Lipinski definition) is 6. The summed E-state index contributed by atoms with van der Waals surface area (Å²) in [5.41, 5.74) is 5.84. The summed E-state index contributed by atoms with van der Waals surface area (Å²) >= 11 is 0. The van der Waals surface area contributed by atoms with E-state index in [9.17, 15) is 0 Å². The van der Waals surface area contributed by atoms with Gasteiger partial charge in [-0.15, -0.1) is 0 Å². The van der Waals surface area contributed by atoms with Crippen LogP contribution in [0.4, 0.5) is 0 Å². The maximum atomic E-state index is 7.72. The largest absolute Gasteiger partial charge is 0.328 e. The van der Waals surface area contributed by atoms with Crippen molar-refractivity contribution in [3.05, 3.63) is 0 Å². The van der Waals surface area contributed by atoms with E-state index in [1.165, 1.54) is 32.1 Å². The molecule has 0 bridgehead atoms. The molecule has 0 aliphatic carbocycles. The summed E-state index contributed by atoms with van der Waals surface area (Å²) in [6.07, 6.45) is 10.4. The van der Waals surface area contributed by atoms with Gasteiger partial charge >= 0.3 is 0 Å². The van der Waals surface area contributed by atoms with Gasteiger partial charge in [0.2, 0.25) is 0 Å². The highest BCUT2D eigenvalue weighted by Crippen LogP contribution is 2.10. The Morgan fingerprint density at radius 1 is 0.944 bits per heavy atom. The fourth-order valence-corrected chi connectivity index (χ4v) is 1.72. The predicted octanol–water partition coefficient (Wildman–Crippen LogP) is 3.13. The van der Waals surface area contributed by atoms with Crippen LogP contribution in [0.15, 0.2) is 0 Å². The van der Waals surface area contributed by atoms with E-state index in [0.717, 1.165) is 25.7 Å². The van der Waals surface area contributed by atoms with Crippen LogP contribution < -0.4 is 5.73 Å². The third-order valence-electron chi connectivity index (χ3n) is 2.93. The highest BCUT2D eigenvalue weighted by atomic mass is 17.8. The minimum absolute atomic E-state index is 0.382. The van der Waals surface area contributed by atoms with Crippen molar-refractivity contribution in [2.24, 2.45) is 5.73 Å². The molecule has 0 radical (unpaired) electrons. The Hall–Kier alpha value is -0.240. The van der Waals surface area contributed by atoms with Crippen molar-refractivity contribution in [3.8, 4) is 0 Å². The number of nitrogens with two attached hydrogens (primary N) is 1. The first-order valence-electron chi connectivity index (χ1n) is 6.83. The van der Waals surface area contributed by atoms with E-state index in [2.05, 4.69) is 26.9 Å². The Bertz CT molecular complexity index is 159. The quantitative estimate of drug-likeness (QED) is 0.285. The highest BCUT2D eigenvalue weighted by molar-refractivity contribution is 4.58. The summed E-state index contributed by atoms with van der Waals surface area (Å²) in [5.74, 6) is 0.